The molecular formula is C13H23N3OS. The van der Waals surface area contributed by atoms with Gasteiger partial charge in [0.05, 0.1) is 12.0 Å². The maximum atomic E-state index is 12.1. The van der Waals surface area contributed by atoms with Crippen LogP contribution in [0.3, 0.4) is 0 Å². The summed E-state index contributed by atoms with van der Waals surface area (Å²) in [5.74, 6) is 0.404. The Morgan fingerprint density at radius 1 is 1.50 bits per heavy atom. The van der Waals surface area contributed by atoms with E-state index in [0.29, 0.717) is 12.5 Å². The standard InChI is InChI=1S/C13H23N3OS/c1-8(2)5-11(6-14)12(17)16-10(4)13-15-7-9(3)18-13/h7-8,10-11H,5-6,14H2,1-4H3,(H,16,17). The Hall–Kier alpha value is -0.940. The van der Waals surface area contributed by atoms with Gasteiger partial charge in [0, 0.05) is 17.6 Å². The molecule has 1 amide bonds. The largest absolute Gasteiger partial charge is 0.347 e. The van der Waals surface area contributed by atoms with Crippen LogP contribution in [0.2, 0.25) is 0 Å². The predicted octanol–water partition coefficient (Wildman–Crippen LogP) is 2.25. The van der Waals surface area contributed by atoms with Gasteiger partial charge in [-0.2, -0.15) is 0 Å². The summed E-state index contributed by atoms with van der Waals surface area (Å²) in [6, 6.07) is -0.0441. The van der Waals surface area contributed by atoms with E-state index in [9.17, 15) is 4.79 Å². The minimum Gasteiger partial charge on any atom is -0.347 e. The Balaban J connectivity index is 2.57. The van der Waals surface area contributed by atoms with Gasteiger partial charge in [0.2, 0.25) is 5.91 Å². The minimum atomic E-state index is -0.103. The third kappa shape index (κ3) is 4.38. The summed E-state index contributed by atoms with van der Waals surface area (Å²) in [5.41, 5.74) is 5.67. The Bertz CT molecular complexity index is 389. The van der Waals surface area contributed by atoms with Crippen LogP contribution >= 0.6 is 11.3 Å². The molecule has 0 bridgehead atoms. The number of rotatable bonds is 6. The lowest BCUT2D eigenvalue weighted by Gasteiger charge is -2.19. The van der Waals surface area contributed by atoms with E-state index >= 15 is 0 Å². The molecule has 1 heterocycles. The second kappa shape index (κ2) is 6.85. The molecule has 0 aliphatic carbocycles. The van der Waals surface area contributed by atoms with Crippen molar-refractivity contribution in [3.63, 3.8) is 0 Å². The van der Waals surface area contributed by atoms with E-state index in [-0.39, 0.29) is 17.9 Å². The van der Waals surface area contributed by atoms with Gasteiger partial charge < -0.3 is 11.1 Å². The molecule has 0 aliphatic heterocycles. The zero-order valence-corrected chi connectivity index (χ0v) is 12.4. The maximum Gasteiger partial charge on any atom is 0.224 e. The van der Waals surface area contributed by atoms with E-state index < -0.39 is 0 Å². The number of hydrogen-bond donors (Lipinski definition) is 2. The molecule has 3 N–H and O–H groups in total. The highest BCUT2D eigenvalue weighted by Crippen LogP contribution is 2.20. The van der Waals surface area contributed by atoms with Gasteiger partial charge in [-0.1, -0.05) is 13.8 Å². The minimum absolute atomic E-state index is 0.0338. The number of carbonyl (C=O) groups is 1. The first kappa shape index (κ1) is 15.1. The van der Waals surface area contributed by atoms with E-state index in [1.807, 2.05) is 20.0 Å². The molecule has 1 rings (SSSR count). The maximum absolute atomic E-state index is 12.1. The molecule has 0 saturated carbocycles. The number of aryl methyl sites for hydroxylation is 1. The van der Waals surface area contributed by atoms with Gasteiger partial charge in [0.15, 0.2) is 0 Å². The van der Waals surface area contributed by atoms with Crippen LogP contribution in [-0.4, -0.2) is 17.4 Å². The number of amides is 1. The third-order valence-electron chi connectivity index (χ3n) is 2.78. The molecule has 0 radical (unpaired) electrons. The van der Waals surface area contributed by atoms with Crippen molar-refractivity contribution in [1.29, 1.82) is 0 Å². The second-order valence-electron chi connectivity index (χ2n) is 5.10. The second-order valence-corrected chi connectivity index (χ2v) is 6.37. The van der Waals surface area contributed by atoms with Crippen LogP contribution in [0.15, 0.2) is 6.20 Å². The zero-order valence-electron chi connectivity index (χ0n) is 11.6. The molecule has 0 saturated heterocycles. The van der Waals surface area contributed by atoms with Crippen LogP contribution in [0.1, 0.15) is 43.1 Å². The van der Waals surface area contributed by atoms with E-state index in [4.69, 9.17) is 5.73 Å². The van der Waals surface area contributed by atoms with Crippen molar-refractivity contribution in [3.05, 3.63) is 16.1 Å². The number of thiazole rings is 1. The van der Waals surface area contributed by atoms with Crippen molar-refractivity contribution in [1.82, 2.24) is 10.3 Å². The topological polar surface area (TPSA) is 68.0 Å². The van der Waals surface area contributed by atoms with Crippen molar-refractivity contribution in [3.8, 4) is 0 Å². The van der Waals surface area contributed by atoms with Gasteiger partial charge in [-0.15, -0.1) is 11.3 Å². The molecule has 4 nitrogen and oxygen atoms in total. The molecule has 5 heteroatoms. The molecule has 0 aliphatic rings. The third-order valence-corrected chi connectivity index (χ3v) is 3.88. The van der Waals surface area contributed by atoms with Crippen LogP contribution in [0, 0.1) is 18.8 Å². The highest BCUT2D eigenvalue weighted by Gasteiger charge is 2.21. The molecule has 0 spiro atoms. The van der Waals surface area contributed by atoms with Crippen molar-refractivity contribution in [2.75, 3.05) is 6.54 Å². The first-order valence-electron chi connectivity index (χ1n) is 6.36. The zero-order chi connectivity index (χ0) is 13.7. The van der Waals surface area contributed by atoms with E-state index in [1.165, 1.54) is 0 Å². The fourth-order valence-corrected chi connectivity index (χ4v) is 2.62. The average molecular weight is 269 g/mol. The Morgan fingerprint density at radius 3 is 2.61 bits per heavy atom. The molecule has 1 aromatic heterocycles. The molecule has 1 aromatic rings. The van der Waals surface area contributed by atoms with Gasteiger partial charge in [-0.3, -0.25) is 4.79 Å². The van der Waals surface area contributed by atoms with Crippen LogP contribution in [-0.2, 0) is 4.79 Å². The quantitative estimate of drug-likeness (QED) is 0.832. The molecule has 2 unspecified atom stereocenters. The first-order valence-corrected chi connectivity index (χ1v) is 7.18. The fraction of sp³-hybridized carbons (Fsp3) is 0.692. The van der Waals surface area contributed by atoms with Gasteiger partial charge in [-0.25, -0.2) is 4.98 Å². The summed E-state index contributed by atoms with van der Waals surface area (Å²) in [6.45, 7) is 8.57. The Labute approximate surface area is 113 Å². The summed E-state index contributed by atoms with van der Waals surface area (Å²) in [4.78, 5) is 17.5. The highest BCUT2D eigenvalue weighted by atomic mass is 32.1. The van der Waals surface area contributed by atoms with Gasteiger partial charge in [-0.05, 0) is 26.2 Å². The molecular weight excluding hydrogens is 246 g/mol. The average Bonchev–Trinajstić information content (AvgIpc) is 2.72. The number of nitrogens with zero attached hydrogens (tertiary/aromatic N) is 1. The summed E-state index contributed by atoms with van der Waals surface area (Å²) in [6.07, 6.45) is 2.66. The van der Waals surface area contributed by atoms with Gasteiger partial charge in [0.1, 0.15) is 5.01 Å². The number of hydrogen-bond acceptors (Lipinski definition) is 4. The summed E-state index contributed by atoms with van der Waals surface area (Å²) < 4.78 is 0. The highest BCUT2D eigenvalue weighted by molar-refractivity contribution is 7.11. The Kier molecular flexibility index (Phi) is 5.75. The normalized spacial score (nSPS) is 14.6. The fourth-order valence-electron chi connectivity index (χ4n) is 1.84. The predicted molar refractivity (Wildman–Crippen MR) is 75.4 cm³/mol. The SMILES string of the molecule is Cc1cnc(C(C)NC(=O)C(CN)CC(C)C)s1. The first-order chi connectivity index (χ1) is 8.43. The van der Waals surface area contributed by atoms with Crippen molar-refractivity contribution >= 4 is 17.2 Å². The monoisotopic (exact) mass is 269 g/mol. The van der Waals surface area contributed by atoms with E-state index in [2.05, 4.69) is 24.1 Å². The van der Waals surface area contributed by atoms with Crippen LogP contribution in [0.5, 0.6) is 0 Å². The van der Waals surface area contributed by atoms with Crippen molar-refractivity contribution in [2.45, 2.75) is 40.2 Å². The van der Waals surface area contributed by atoms with Crippen LogP contribution in [0.25, 0.3) is 0 Å². The number of nitrogens with two attached hydrogens (primary N) is 1. The summed E-state index contributed by atoms with van der Waals surface area (Å²) in [5, 5.41) is 3.94. The lowest BCUT2D eigenvalue weighted by molar-refractivity contribution is -0.125. The van der Waals surface area contributed by atoms with Crippen molar-refractivity contribution in [2.24, 2.45) is 17.6 Å². The van der Waals surface area contributed by atoms with E-state index in [0.717, 1.165) is 16.3 Å². The number of aromatic nitrogens is 1. The molecule has 102 valence electrons. The smallest absolute Gasteiger partial charge is 0.224 e. The van der Waals surface area contributed by atoms with Crippen LogP contribution in [0.4, 0.5) is 0 Å². The molecule has 0 aromatic carbocycles. The molecule has 0 fully saturated rings. The summed E-state index contributed by atoms with van der Waals surface area (Å²) >= 11 is 1.61. The number of carbonyl (C=O) groups excluding carboxylic acids is 1. The van der Waals surface area contributed by atoms with Gasteiger partial charge in [0.25, 0.3) is 0 Å². The lowest BCUT2D eigenvalue weighted by atomic mass is 9.96. The molecule has 2 atom stereocenters. The summed E-state index contributed by atoms with van der Waals surface area (Å²) in [7, 11) is 0. The van der Waals surface area contributed by atoms with Gasteiger partial charge >= 0.3 is 0 Å². The van der Waals surface area contributed by atoms with Crippen LogP contribution < -0.4 is 11.1 Å². The lowest BCUT2D eigenvalue weighted by Crippen LogP contribution is -2.37. The van der Waals surface area contributed by atoms with E-state index in [1.54, 1.807) is 11.3 Å². The number of nitrogens with one attached hydrogen (secondary N) is 1. The van der Waals surface area contributed by atoms with Crippen molar-refractivity contribution < 1.29 is 4.79 Å². The Morgan fingerprint density at radius 2 is 2.17 bits per heavy atom. The molecule has 18 heavy (non-hydrogen) atoms.